The van der Waals surface area contributed by atoms with Crippen LogP contribution < -0.4 is 21.3 Å². The van der Waals surface area contributed by atoms with Gasteiger partial charge in [-0.05, 0) is 74.9 Å². The minimum absolute atomic E-state index is 0.0418. The standard InChI is InChI=1S/C42H44N6O8/c1-41(19-9-21-47(41)35(49)23-27-11-5-3-6-12-27)37(51)43-29-15-17-31(33(25-29)45-39(53)54)32-18-16-30(26-34(32)46-40(55)56)44-38(52)42(2)20-10-22-48(42)36(50)24-28-13-7-4-8-14-28/h3-8,11-18,25-26,45-46H,9-10,19-24H2,1-2H3,(H,43,51)(H,44,52)(H,53,54)(H,55,56)/t41-,42?/m0/s1. The minimum atomic E-state index is -1.40. The number of anilines is 4. The van der Waals surface area contributed by atoms with Gasteiger partial charge in [0.05, 0.1) is 24.2 Å². The molecule has 290 valence electrons. The van der Waals surface area contributed by atoms with Crippen LogP contribution in [0.1, 0.15) is 50.7 Å². The third-order valence-electron chi connectivity index (χ3n) is 10.6. The van der Waals surface area contributed by atoms with Crippen LogP contribution in [0.4, 0.5) is 32.3 Å². The molecule has 4 aromatic carbocycles. The second kappa shape index (κ2) is 16.3. The molecular formula is C42H44N6O8. The van der Waals surface area contributed by atoms with E-state index in [4.69, 9.17) is 0 Å². The van der Waals surface area contributed by atoms with E-state index in [0.29, 0.717) is 38.8 Å². The van der Waals surface area contributed by atoms with E-state index >= 15 is 0 Å². The lowest BCUT2D eigenvalue weighted by molar-refractivity contribution is -0.141. The number of amides is 6. The van der Waals surface area contributed by atoms with Gasteiger partial charge in [0.2, 0.25) is 23.6 Å². The fourth-order valence-electron chi connectivity index (χ4n) is 7.61. The predicted octanol–water partition coefficient (Wildman–Crippen LogP) is 6.66. The lowest BCUT2D eigenvalue weighted by Gasteiger charge is -2.34. The van der Waals surface area contributed by atoms with Crippen LogP contribution in [-0.4, -0.2) is 80.0 Å². The van der Waals surface area contributed by atoms with Crippen molar-refractivity contribution < 1.29 is 39.0 Å². The summed E-state index contributed by atoms with van der Waals surface area (Å²) in [6, 6.07) is 27.5. The Labute approximate surface area is 323 Å². The molecule has 0 spiro atoms. The van der Waals surface area contributed by atoms with E-state index in [2.05, 4.69) is 21.3 Å². The van der Waals surface area contributed by atoms with Crippen molar-refractivity contribution in [1.82, 2.24) is 9.80 Å². The summed E-state index contributed by atoms with van der Waals surface area (Å²) in [5, 5.41) is 29.9. The molecule has 2 heterocycles. The van der Waals surface area contributed by atoms with Crippen molar-refractivity contribution in [3.8, 4) is 11.1 Å². The van der Waals surface area contributed by atoms with Gasteiger partial charge in [0, 0.05) is 35.6 Å². The van der Waals surface area contributed by atoms with Crippen molar-refractivity contribution in [2.75, 3.05) is 34.4 Å². The Balaban J connectivity index is 1.23. The van der Waals surface area contributed by atoms with E-state index in [1.54, 1.807) is 35.8 Å². The number of benzene rings is 4. The molecule has 6 amide bonds. The average Bonchev–Trinajstić information content (AvgIpc) is 3.76. The van der Waals surface area contributed by atoms with E-state index in [0.717, 1.165) is 11.1 Å². The van der Waals surface area contributed by atoms with E-state index < -0.39 is 35.1 Å². The van der Waals surface area contributed by atoms with Crippen LogP contribution in [-0.2, 0) is 32.0 Å². The van der Waals surface area contributed by atoms with E-state index in [1.165, 1.54) is 24.3 Å². The highest BCUT2D eigenvalue weighted by Crippen LogP contribution is 2.39. The second-order valence-corrected chi connectivity index (χ2v) is 14.5. The van der Waals surface area contributed by atoms with Crippen LogP contribution in [0.25, 0.3) is 11.1 Å². The van der Waals surface area contributed by atoms with Gasteiger partial charge in [0.1, 0.15) is 11.1 Å². The molecule has 14 nitrogen and oxygen atoms in total. The van der Waals surface area contributed by atoms with Crippen LogP contribution in [0.2, 0.25) is 0 Å². The zero-order chi connectivity index (χ0) is 40.0. The van der Waals surface area contributed by atoms with Crippen LogP contribution in [0, 0.1) is 0 Å². The zero-order valence-electron chi connectivity index (χ0n) is 31.1. The Bertz CT molecular complexity index is 2010. The maximum Gasteiger partial charge on any atom is 0.409 e. The number of nitrogens with zero attached hydrogens (tertiary/aromatic N) is 2. The third-order valence-corrected chi connectivity index (χ3v) is 10.6. The number of rotatable bonds is 11. The number of hydrogen-bond donors (Lipinski definition) is 6. The number of carbonyl (C=O) groups is 6. The molecule has 2 fully saturated rings. The molecule has 0 aromatic heterocycles. The first-order valence-corrected chi connectivity index (χ1v) is 18.4. The summed E-state index contributed by atoms with van der Waals surface area (Å²) in [5.41, 5.74) is 0.508. The van der Waals surface area contributed by atoms with Gasteiger partial charge >= 0.3 is 12.2 Å². The van der Waals surface area contributed by atoms with Crippen molar-refractivity contribution >= 4 is 58.6 Å². The van der Waals surface area contributed by atoms with Crippen molar-refractivity contribution in [3.63, 3.8) is 0 Å². The highest BCUT2D eigenvalue weighted by Gasteiger charge is 2.46. The van der Waals surface area contributed by atoms with Gasteiger partial charge in [0.15, 0.2) is 0 Å². The molecule has 56 heavy (non-hydrogen) atoms. The van der Waals surface area contributed by atoms with E-state index in [9.17, 15) is 39.0 Å². The van der Waals surface area contributed by atoms with Crippen molar-refractivity contribution in [2.24, 2.45) is 0 Å². The van der Waals surface area contributed by atoms with E-state index in [-0.39, 0.29) is 58.5 Å². The summed E-state index contributed by atoms with van der Waals surface area (Å²) in [5.74, 6) is -1.23. The quantitative estimate of drug-likeness (QED) is 0.0976. The molecule has 1 unspecified atom stereocenters. The average molecular weight is 761 g/mol. The number of carbonyl (C=O) groups excluding carboxylic acids is 4. The summed E-state index contributed by atoms with van der Waals surface area (Å²) in [6.07, 6.45) is -0.369. The molecule has 6 N–H and O–H groups in total. The maximum absolute atomic E-state index is 13.8. The number of carboxylic acid groups (broad SMARTS) is 2. The first-order chi connectivity index (χ1) is 26.8. The predicted molar refractivity (Wildman–Crippen MR) is 211 cm³/mol. The highest BCUT2D eigenvalue weighted by atomic mass is 16.4. The van der Waals surface area contributed by atoms with Crippen LogP contribution in [0.5, 0.6) is 0 Å². The lowest BCUT2D eigenvalue weighted by atomic mass is 9.95. The monoisotopic (exact) mass is 760 g/mol. The Morgan fingerprint density at radius 1 is 0.554 bits per heavy atom. The molecule has 0 saturated carbocycles. The Morgan fingerprint density at radius 2 is 0.929 bits per heavy atom. The van der Waals surface area contributed by atoms with E-state index in [1.807, 2.05) is 60.7 Å². The third kappa shape index (κ3) is 8.49. The lowest BCUT2D eigenvalue weighted by Crippen LogP contribution is -2.53. The summed E-state index contributed by atoms with van der Waals surface area (Å²) < 4.78 is 0. The van der Waals surface area contributed by atoms with Gasteiger partial charge in [-0.25, -0.2) is 9.59 Å². The Morgan fingerprint density at radius 3 is 1.29 bits per heavy atom. The van der Waals surface area contributed by atoms with Gasteiger partial charge in [0.25, 0.3) is 0 Å². The molecular weight excluding hydrogens is 716 g/mol. The first-order valence-electron chi connectivity index (χ1n) is 18.4. The Kier molecular flexibility index (Phi) is 11.4. The molecule has 2 aliphatic rings. The fourth-order valence-corrected chi connectivity index (χ4v) is 7.61. The maximum atomic E-state index is 13.8. The number of nitrogens with one attached hydrogen (secondary N) is 4. The van der Waals surface area contributed by atoms with Crippen LogP contribution in [0.3, 0.4) is 0 Å². The van der Waals surface area contributed by atoms with Crippen molar-refractivity contribution in [3.05, 3.63) is 108 Å². The highest BCUT2D eigenvalue weighted by molar-refractivity contribution is 6.05. The smallest absolute Gasteiger partial charge is 0.409 e. The van der Waals surface area contributed by atoms with Gasteiger partial charge in [-0.1, -0.05) is 72.8 Å². The number of hydrogen-bond acceptors (Lipinski definition) is 6. The normalized spacial score (nSPS) is 18.9. The largest absolute Gasteiger partial charge is 0.465 e. The molecule has 6 rings (SSSR count). The molecule has 14 heteroatoms. The number of likely N-dealkylation sites (tertiary alicyclic amines) is 2. The van der Waals surface area contributed by atoms with Gasteiger partial charge in [-0.2, -0.15) is 0 Å². The summed E-state index contributed by atoms with van der Waals surface area (Å²) >= 11 is 0. The molecule has 2 saturated heterocycles. The molecule has 2 aliphatic heterocycles. The second-order valence-electron chi connectivity index (χ2n) is 14.5. The fraction of sp³-hybridized carbons (Fsp3) is 0.286. The van der Waals surface area contributed by atoms with Gasteiger partial charge in [-0.15, -0.1) is 0 Å². The summed E-state index contributed by atoms with van der Waals surface area (Å²) in [4.78, 5) is 81.3. The summed E-state index contributed by atoms with van der Waals surface area (Å²) in [7, 11) is 0. The SMILES string of the molecule is CC1(C(=O)Nc2ccc(-c3ccc(NC(=O)[C@]4(C)CCCN4C(=O)Cc4ccccc4)cc3NC(=O)O)c(NC(=O)O)c2)CCCN1C(=O)Cc1ccccc1. The zero-order valence-corrected chi connectivity index (χ0v) is 31.1. The Hall–Kier alpha value is -6.70. The van der Waals surface area contributed by atoms with Gasteiger partial charge < -0.3 is 30.6 Å². The minimum Gasteiger partial charge on any atom is -0.465 e. The molecule has 0 bridgehead atoms. The topological polar surface area (TPSA) is 197 Å². The molecule has 2 atom stereocenters. The van der Waals surface area contributed by atoms with Crippen molar-refractivity contribution in [1.29, 1.82) is 0 Å². The molecule has 4 aromatic rings. The first kappa shape index (κ1) is 39.0. The van der Waals surface area contributed by atoms with Crippen LogP contribution >= 0.6 is 0 Å². The molecule has 0 aliphatic carbocycles. The van der Waals surface area contributed by atoms with Crippen LogP contribution in [0.15, 0.2) is 97.1 Å². The van der Waals surface area contributed by atoms with Gasteiger partial charge in [-0.3, -0.25) is 29.8 Å². The van der Waals surface area contributed by atoms with Crippen molar-refractivity contribution in [2.45, 2.75) is 63.5 Å². The molecule has 0 radical (unpaired) electrons. The summed E-state index contributed by atoms with van der Waals surface area (Å²) in [6.45, 7) is 4.25.